The maximum atomic E-state index is 11.6. The number of carbonyl (C=O) groups is 1. The van der Waals surface area contributed by atoms with E-state index in [-0.39, 0.29) is 5.91 Å². The third-order valence-corrected chi connectivity index (χ3v) is 3.21. The van der Waals surface area contributed by atoms with Gasteiger partial charge in [0.15, 0.2) is 0 Å². The number of aliphatic hydroxyl groups is 1. The third kappa shape index (κ3) is 10.6. The summed E-state index contributed by atoms with van der Waals surface area (Å²) >= 11 is 0. The van der Waals surface area contributed by atoms with Gasteiger partial charge >= 0.3 is 0 Å². The molecule has 3 heteroatoms. The molecule has 0 aliphatic carbocycles. The molecule has 0 fully saturated rings. The maximum Gasteiger partial charge on any atom is 0.220 e. The summed E-state index contributed by atoms with van der Waals surface area (Å²) in [6.07, 6.45) is 9.42. The van der Waals surface area contributed by atoms with Crippen LogP contribution >= 0.6 is 0 Å². The Hall–Kier alpha value is -0.570. The number of amides is 1. The minimum absolute atomic E-state index is 0.0712. The summed E-state index contributed by atoms with van der Waals surface area (Å²) in [7, 11) is 0. The van der Waals surface area contributed by atoms with Gasteiger partial charge in [0.2, 0.25) is 5.91 Å². The van der Waals surface area contributed by atoms with Gasteiger partial charge in [0, 0.05) is 13.0 Å². The van der Waals surface area contributed by atoms with Crippen LogP contribution in [-0.2, 0) is 4.79 Å². The molecule has 0 spiro atoms. The molecule has 1 unspecified atom stereocenters. The molecule has 2 N–H and O–H groups in total. The topological polar surface area (TPSA) is 49.3 Å². The normalized spacial score (nSPS) is 14.2. The second-order valence-electron chi connectivity index (χ2n) is 5.54. The zero-order chi connectivity index (χ0) is 13.9. The van der Waals surface area contributed by atoms with Crippen LogP contribution in [-0.4, -0.2) is 23.2 Å². The molecule has 1 atom stereocenters. The van der Waals surface area contributed by atoms with Gasteiger partial charge in [0.1, 0.15) is 0 Å². The quantitative estimate of drug-likeness (QED) is 0.557. The Bertz CT molecular complexity index is 215. The van der Waals surface area contributed by atoms with Crippen molar-refractivity contribution < 1.29 is 9.90 Å². The predicted octanol–water partition coefficient (Wildman–Crippen LogP) is 3.40. The SMILES string of the molecule is CCCCCCCCC(=O)NCC(C)(O)CCC. The van der Waals surface area contributed by atoms with Gasteiger partial charge in [-0.15, -0.1) is 0 Å². The Morgan fingerprint density at radius 3 is 2.28 bits per heavy atom. The minimum Gasteiger partial charge on any atom is -0.388 e. The fourth-order valence-corrected chi connectivity index (χ4v) is 2.07. The van der Waals surface area contributed by atoms with Crippen molar-refractivity contribution in [1.29, 1.82) is 0 Å². The van der Waals surface area contributed by atoms with Crippen LogP contribution in [0.3, 0.4) is 0 Å². The molecule has 0 aliphatic heterocycles. The van der Waals surface area contributed by atoms with Gasteiger partial charge in [0.25, 0.3) is 0 Å². The van der Waals surface area contributed by atoms with E-state index in [0.29, 0.717) is 13.0 Å². The maximum absolute atomic E-state index is 11.6. The Kier molecular flexibility index (Phi) is 10.0. The standard InChI is InChI=1S/C15H31NO2/c1-4-6-7-8-9-10-11-14(17)16-13-15(3,18)12-5-2/h18H,4-13H2,1-3H3,(H,16,17). The lowest BCUT2D eigenvalue weighted by molar-refractivity contribution is -0.122. The van der Waals surface area contributed by atoms with Crippen LogP contribution in [0.1, 0.15) is 78.6 Å². The van der Waals surface area contributed by atoms with Crippen molar-refractivity contribution in [3.8, 4) is 0 Å². The number of hydrogen-bond donors (Lipinski definition) is 2. The lowest BCUT2D eigenvalue weighted by Crippen LogP contribution is -2.40. The molecule has 0 saturated heterocycles. The summed E-state index contributed by atoms with van der Waals surface area (Å²) < 4.78 is 0. The zero-order valence-corrected chi connectivity index (χ0v) is 12.4. The predicted molar refractivity (Wildman–Crippen MR) is 76.5 cm³/mol. The Balaban J connectivity index is 3.48. The monoisotopic (exact) mass is 257 g/mol. The number of carbonyl (C=O) groups excluding carboxylic acids is 1. The second kappa shape index (κ2) is 10.4. The first-order chi connectivity index (χ1) is 8.52. The van der Waals surface area contributed by atoms with E-state index >= 15 is 0 Å². The van der Waals surface area contributed by atoms with Gasteiger partial charge in [-0.2, -0.15) is 0 Å². The number of rotatable bonds is 11. The average molecular weight is 257 g/mol. The molecule has 0 saturated carbocycles. The van der Waals surface area contributed by atoms with Gasteiger partial charge in [-0.25, -0.2) is 0 Å². The van der Waals surface area contributed by atoms with Gasteiger partial charge in [0.05, 0.1) is 5.60 Å². The lowest BCUT2D eigenvalue weighted by Gasteiger charge is -2.22. The highest BCUT2D eigenvalue weighted by Gasteiger charge is 2.19. The molecule has 3 nitrogen and oxygen atoms in total. The van der Waals surface area contributed by atoms with Gasteiger partial charge in [-0.3, -0.25) is 4.79 Å². The zero-order valence-electron chi connectivity index (χ0n) is 12.4. The molecular formula is C15H31NO2. The van der Waals surface area contributed by atoms with E-state index in [1.54, 1.807) is 6.92 Å². The average Bonchev–Trinajstić information content (AvgIpc) is 2.31. The first-order valence-corrected chi connectivity index (χ1v) is 7.51. The Morgan fingerprint density at radius 1 is 1.06 bits per heavy atom. The van der Waals surface area contributed by atoms with E-state index in [9.17, 15) is 9.90 Å². The van der Waals surface area contributed by atoms with Crippen molar-refractivity contribution in [3.63, 3.8) is 0 Å². The first kappa shape index (κ1) is 17.4. The number of unbranched alkanes of at least 4 members (excludes halogenated alkanes) is 5. The van der Waals surface area contributed by atoms with Crippen LogP contribution in [0.5, 0.6) is 0 Å². The molecule has 0 aromatic rings. The van der Waals surface area contributed by atoms with Crippen molar-refractivity contribution in [2.75, 3.05) is 6.54 Å². The summed E-state index contributed by atoms with van der Waals surface area (Å²) in [5.74, 6) is 0.0712. The highest BCUT2D eigenvalue weighted by molar-refractivity contribution is 5.75. The lowest BCUT2D eigenvalue weighted by atomic mass is 10.0. The minimum atomic E-state index is -0.758. The van der Waals surface area contributed by atoms with Crippen molar-refractivity contribution >= 4 is 5.91 Å². The molecule has 1 amide bonds. The van der Waals surface area contributed by atoms with Gasteiger partial charge < -0.3 is 10.4 Å². The van der Waals surface area contributed by atoms with E-state index in [4.69, 9.17) is 0 Å². The molecular weight excluding hydrogens is 226 g/mol. The van der Waals surface area contributed by atoms with Crippen molar-refractivity contribution in [1.82, 2.24) is 5.32 Å². The summed E-state index contributed by atoms with van der Waals surface area (Å²) in [4.78, 5) is 11.6. The molecule has 0 aliphatic rings. The highest BCUT2D eigenvalue weighted by Crippen LogP contribution is 2.10. The van der Waals surface area contributed by atoms with E-state index in [1.807, 2.05) is 6.92 Å². The fourth-order valence-electron chi connectivity index (χ4n) is 2.07. The van der Waals surface area contributed by atoms with Gasteiger partial charge in [-0.05, 0) is 19.8 Å². The largest absolute Gasteiger partial charge is 0.388 e. The molecule has 0 radical (unpaired) electrons. The second-order valence-corrected chi connectivity index (χ2v) is 5.54. The van der Waals surface area contributed by atoms with E-state index in [2.05, 4.69) is 12.2 Å². The summed E-state index contributed by atoms with van der Waals surface area (Å²) in [5, 5.41) is 12.7. The van der Waals surface area contributed by atoms with Crippen molar-refractivity contribution in [3.05, 3.63) is 0 Å². The van der Waals surface area contributed by atoms with Crippen molar-refractivity contribution in [2.45, 2.75) is 84.2 Å². The highest BCUT2D eigenvalue weighted by atomic mass is 16.3. The van der Waals surface area contributed by atoms with Crippen LogP contribution in [0.4, 0.5) is 0 Å². The summed E-state index contributed by atoms with van der Waals surface area (Å²) in [5.41, 5.74) is -0.758. The first-order valence-electron chi connectivity index (χ1n) is 7.51. The summed E-state index contributed by atoms with van der Waals surface area (Å²) in [6.45, 7) is 6.39. The molecule has 108 valence electrons. The number of hydrogen-bond acceptors (Lipinski definition) is 2. The van der Waals surface area contributed by atoms with E-state index in [1.165, 1.54) is 25.7 Å². The molecule has 0 aromatic heterocycles. The van der Waals surface area contributed by atoms with Crippen LogP contribution in [0.2, 0.25) is 0 Å². The van der Waals surface area contributed by atoms with Crippen LogP contribution in [0, 0.1) is 0 Å². The van der Waals surface area contributed by atoms with E-state index in [0.717, 1.165) is 25.7 Å². The molecule has 0 heterocycles. The fraction of sp³-hybridized carbons (Fsp3) is 0.933. The molecule has 0 rings (SSSR count). The van der Waals surface area contributed by atoms with Crippen LogP contribution in [0.25, 0.3) is 0 Å². The molecule has 0 bridgehead atoms. The Labute approximate surface area is 112 Å². The van der Waals surface area contributed by atoms with Crippen LogP contribution < -0.4 is 5.32 Å². The van der Waals surface area contributed by atoms with Crippen LogP contribution in [0.15, 0.2) is 0 Å². The number of nitrogens with one attached hydrogen (secondary N) is 1. The summed E-state index contributed by atoms with van der Waals surface area (Å²) in [6, 6.07) is 0. The molecule has 18 heavy (non-hydrogen) atoms. The van der Waals surface area contributed by atoms with Gasteiger partial charge in [-0.1, -0.05) is 52.4 Å². The third-order valence-electron chi connectivity index (χ3n) is 3.21. The molecule has 0 aromatic carbocycles. The Morgan fingerprint density at radius 2 is 1.67 bits per heavy atom. The smallest absolute Gasteiger partial charge is 0.220 e. The van der Waals surface area contributed by atoms with E-state index < -0.39 is 5.60 Å². The van der Waals surface area contributed by atoms with Crippen molar-refractivity contribution in [2.24, 2.45) is 0 Å².